The number of carboxylic acid groups (broad SMARTS) is 1. The molecule has 1 atom stereocenters. The van der Waals surface area contributed by atoms with Crippen molar-refractivity contribution in [2.45, 2.75) is 32.9 Å². The molecule has 0 aromatic heterocycles. The van der Waals surface area contributed by atoms with Crippen LogP contribution >= 0.6 is 35.6 Å². The maximum atomic E-state index is 12.8. The fourth-order valence-electron chi connectivity index (χ4n) is 3.07. The van der Waals surface area contributed by atoms with E-state index in [1.165, 1.54) is 4.90 Å². The van der Waals surface area contributed by atoms with Gasteiger partial charge in [-0.2, -0.15) is 0 Å². The van der Waals surface area contributed by atoms with Crippen LogP contribution in [-0.2, 0) is 16.2 Å². The molecule has 31 heavy (non-hydrogen) atoms. The van der Waals surface area contributed by atoms with Crippen molar-refractivity contribution in [2.24, 2.45) is 5.92 Å². The van der Waals surface area contributed by atoms with Crippen molar-refractivity contribution in [3.63, 3.8) is 0 Å². The predicted octanol–water partition coefficient (Wildman–Crippen LogP) is 5.62. The van der Waals surface area contributed by atoms with Crippen molar-refractivity contribution >= 4 is 57.9 Å². The summed E-state index contributed by atoms with van der Waals surface area (Å²) in [5.74, 6) is -0.600. The molecule has 1 saturated heterocycles. The average Bonchev–Trinajstić information content (AvgIpc) is 2.99. The summed E-state index contributed by atoms with van der Waals surface area (Å²) in [7, 11) is 0. The Morgan fingerprint density at radius 2 is 1.84 bits per heavy atom. The van der Waals surface area contributed by atoms with E-state index in [0.717, 1.165) is 22.9 Å². The summed E-state index contributed by atoms with van der Waals surface area (Å²) in [6, 6.07) is 13.8. The zero-order valence-corrected chi connectivity index (χ0v) is 19.5. The minimum atomic E-state index is -1.05. The standard InChI is InChI=1S/C23H22ClNO4S2/c1-14(2)11-19(22(27)28)25-21(26)20(31-23(25)30)12-15-5-9-18(10-6-15)29-13-16-3-7-17(24)8-4-16/h3-10,12,14,19H,11,13H2,1-2H3,(H,27,28)/b20-12-/t19-/m1/s1. The summed E-state index contributed by atoms with van der Waals surface area (Å²) in [6.07, 6.45) is 2.06. The molecule has 1 amide bonds. The predicted molar refractivity (Wildman–Crippen MR) is 128 cm³/mol. The van der Waals surface area contributed by atoms with Gasteiger partial charge in [0.1, 0.15) is 22.7 Å². The van der Waals surface area contributed by atoms with Crippen LogP contribution in [0.2, 0.25) is 5.02 Å². The van der Waals surface area contributed by atoms with E-state index in [1.807, 2.05) is 62.4 Å². The second-order valence-electron chi connectivity index (χ2n) is 7.52. The lowest BCUT2D eigenvalue weighted by molar-refractivity contribution is -0.145. The number of ether oxygens (including phenoxy) is 1. The van der Waals surface area contributed by atoms with Crippen molar-refractivity contribution in [3.05, 3.63) is 69.6 Å². The number of carboxylic acids is 1. The minimum Gasteiger partial charge on any atom is -0.489 e. The highest BCUT2D eigenvalue weighted by Gasteiger charge is 2.40. The van der Waals surface area contributed by atoms with Crippen molar-refractivity contribution in [1.82, 2.24) is 4.90 Å². The molecule has 0 aliphatic carbocycles. The molecule has 8 heteroatoms. The summed E-state index contributed by atoms with van der Waals surface area (Å²) in [5, 5.41) is 10.2. The van der Waals surface area contributed by atoms with Gasteiger partial charge in [0.05, 0.1) is 4.91 Å². The molecular formula is C23H22ClNO4S2. The lowest BCUT2D eigenvalue weighted by Gasteiger charge is -2.24. The van der Waals surface area contributed by atoms with Gasteiger partial charge in [0.2, 0.25) is 0 Å². The molecule has 1 aliphatic rings. The van der Waals surface area contributed by atoms with Crippen LogP contribution < -0.4 is 4.74 Å². The molecule has 3 rings (SSSR count). The first kappa shape index (κ1) is 23.3. The van der Waals surface area contributed by atoms with Crippen LogP contribution in [0.4, 0.5) is 0 Å². The molecule has 1 N–H and O–H groups in total. The monoisotopic (exact) mass is 475 g/mol. The number of thiocarbonyl (C=S) groups is 1. The van der Waals surface area contributed by atoms with Gasteiger partial charge in [0, 0.05) is 5.02 Å². The molecule has 5 nitrogen and oxygen atoms in total. The Kier molecular flexibility index (Phi) is 7.75. The summed E-state index contributed by atoms with van der Waals surface area (Å²) in [4.78, 5) is 26.2. The molecule has 1 aliphatic heterocycles. The molecule has 162 valence electrons. The third-order valence-electron chi connectivity index (χ3n) is 4.61. The fourth-order valence-corrected chi connectivity index (χ4v) is 4.55. The van der Waals surface area contributed by atoms with Crippen LogP contribution in [0, 0.1) is 5.92 Å². The van der Waals surface area contributed by atoms with Crippen LogP contribution in [0.1, 0.15) is 31.4 Å². The molecule has 1 heterocycles. The van der Waals surface area contributed by atoms with E-state index in [4.69, 9.17) is 28.6 Å². The van der Waals surface area contributed by atoms with E-state index in [2.05, 4.69) is 0 Å². The zero-order chi connectivity index (χ0) is 22.5. The quantitative estimate of drug-likeness (QED) is 0.395. The highest BCUT2D eigenvalue weighted by atomic mass is 35.5. The second kappa shape index (κ2) is 10.3. The van der Waals surface area contributed by atoms with E-state index in [9.17, 15) is 14.7 Å². The van der Waals surface area contributed by atoms with Crippen LogP contribution in [0.5, 0.6) is 5.75 Å². The number of hydrogen-bond donors (Lipinski definition) is 1. The molecule has 1 fully saturated rings. The highest BCUT2D eigenvalue weighted by molar-refractivity contribution is 8.26. The SMILES string of the molecule is CC(C)C[C@H](C(=O)O)N1C(=O)/C(=C/c2ccc(OCc3ccc(Cl)cc3)cc2)SC1=S. The molecule has 2 aromatic carbocycles. The number of nitrogens with zero attached hydrogens (tertiary/aromatic N) is 1. The second-order valence-corrected chi connectivity index (χ2v) is 9.63. The molecule has 0 saturated carbocycles. The summed E-state index contributed by atoms with van der Waals surface area (Å²) < 4.78 is 6.05. The minimum absolute atomic E-state index is 0.121. The number of carbonyl (C=O) groups is 2. The Labute approximate surface area is 196 Å². The van der Waals surface area contributed by atoms with E-state index in [1.54, 1.807) is 6.08 Å². The van der Waals surface area contributed by atoms with Gasteiger partial charge in [-0.25, -0.2) is 4.79 Å². The maximum Gasteiger partial charge on any atom is 0.326 e. The zero-order valence-electron chi connectivity index (χ0n) is 17.1. The Morgan fingerprint density at radius 1 is 1.19 bits per heavy atom. The molecule has 0 unspecified atom stereocenters. The van der Waals surface area contributed by atoms with Gasteiger partial charge in [-0.05, 0) is 53.8 Å². The summed E-state index contributed by atoms with van der Waals surface area (Å²) in [5.41, 5.74) is 1.81. The van der Waals surface area contributed by atoms with Gasteiger partial charge in [-0.1, -0.05) is 73.7 Å². The van der Waals surface area contributed by atoms with Gasteiger partial charge in [-0.15, -0.1) is 0 Å². The largest absolute Gasteiger partial charge is 0.489 e. The third kappa shape index (κ3) is 6.09. The van der Waals surface area contributed by atoms with Gasteiger partial charge < -0.3 is 9.84 Å². The van der Waals surface area contributed by atoms with Crippen LogP contribution in [0.25, 0.3) is 6.08 Å². The van der Waals surface area contributed by atoms with E-state index < -0.39 is 12.0 Å². The average molecular weight is 476 g/mol. The number of amides is 1. The number of hydrogen-bond acceptors (Lipinski definition) is 5. The lowest BCUT2D eigenvalue weighted by Crippen LogP contribution is -2.44. The van der Waals surface area contributed by atoms with Gasteiger partial charge in [0.15, 0.2) is 0 Å². The van der Waals surface area contributed by atoms with Crippen molar-refractivity contribution in [1.29, 1.82) is 0 Å². The maximum absolute atomic E-state index is 12.8. The first-order valence-corrected chi connectivity index (χ1v) is 11.3. The molecule has 0 spiro atoms. The van der Waals surface area contributed by atoms with Gasteiger partial charge in [0.25, 0.3) is 5.91 Å². The Morgan fingerprint density at radius 3 is 2.42 bits per heavy atom. The fraction of sp³-hybridized carbons (Fsp3) is 0.261. The number of aliphatic carboxylic acids is 1. The number of benzene rings is 2. The number of halogens is 1. The lowest BCUT2D eigenvalue weighted by atomic mass is 10.0. The Balaban J connectivity index is 1.68. The normalized spacial score (nSPS) is 16.3. The van der Waals surface area contributed by atoms with Gasteiger partial charge in [-0.3, -0.25) is 9.69 Å². The Bertz CT molecular complexity index is 1000. The third-order valence-corrected chi connectivity index (χ3v) is 6.19. The highest BCUT2D eigenvalue weighted by Crippen LogP contribution is 2.35. The smallest absolute Gasteiger partial charge is 0.326 e. The van der Waals surface area contributed by atoms with Crippen molar-refractivity contribution < 1.29 is 19.4 Å². The molecular weight excluding hydrogens is 454 g/mol. The van der Waals surface area contributed by atoms with Crippen LogP contribution in [0.15, 0.2) is 53.4 Å². The number of thioether (sulfide) groups is 1. The summed E-state index contributed by atoms with van der Waals surface area (Å²) in [6.45, 7) is 4.25. The van der Waals surface area contributed by atoms with E-state index in [0.29, 0.717) is 28.7 Å². The number of rotatable bonds is 8. The Hall–Kier alpha value is -2.35. The topological polar surface area (TPSA) is 66.8 Å². The van der Waals surface area contributed by atoms with E-state index in [-0.39, 0.29) is 16.1 Å². The van der Waals surface area contributed by atoms with Crippen molar-refractivity contribution in [3.8, 4) is 5.75 Å². The first-order valence-electron chi connectivity index (χ1n) is 9.71. The van der Waals surface area contributed by atoms with Crippen molar-refractivity contribution in [2.75, 3.05) is 0 Å². The molecule has 2 aromatic rings. The van der Waals surface area contributed by atoms with E-state index >= 15 is 0 Å². The molecule has 0 bridgehead atoms. The van der Waals surface area contributed by atoms with Gasteiger partial charge >= 0.3 is 5.97 Å². The van der Waals surface area contributed by atoms with Crippen LogP contribution in [-0.4, -0.2) is 32.2 Å². The molecule has 0 radical (unpaired) electrons. The first-order chi connectivity index (χ1) is 14.7. The number of carbonyl (C=O) groups excluding carboxylic acids is 1. The summed E-state index contributed by atoms with van der Waals surface area (Å²) >= 11 is 12.3. The van der Waals surface area contributed by atoms with Crippen LogP contribution in [0.3, 0.4) is 0 Å².